The summed E-state index contributed by atoms with van der Waals surface area (Å²) >= 11 is 0. The van der Waals surface area contributed by atoms with Crippen LogP contribution in [0.1, 0.15) is 24.4 Å². The molecule has 0 fully saturated rings. The Bertz CT molecular complexity index is 1460. The average molecular weight is 464 g/mol. The number of aromatic nitrogens is 2. The summed E-state index contributed by atoms with van der Waals surface area (Å²) in [6, 6.07) is 20.0. The molecule has 0 saturated carbocycles. The van der Waals surface area contributed by atoms with Gasteiger partial charge in [0.15, 0.2) is 0 Å². The lowest BCUT2D eigenvalue weighted by Crippen LogP contribution is -2.34. The molecule has 170 valence electrons. The normalized spacial score (nSPS) is 12.8. The second-order valence-corrected chi connectivity index (χ2v) is 9.83. The Balaban J connectivity index is 1.89. The van der Waals surface area contributed by atoms with Crippen LogP contribution in [0.2, 0.25) is 0 Å². The molecule has 8 heteroatoms. The van der Waals surface area contributed by atoms with Crippen molar-refractivity contribution in [2.75, 3.05) is 14.2 Å². The van der Waals surface area contributed by atoms with Crippen LogP contribution < -0.4 is 10.3 Å². The molecule has 0 radical (unpaired) electrons. The van der Waals surface area contributed by atoms with E-state index in [1.807, 2.05) is 6.92 Å². The Morgan fingerprint density at radius 1 is 0.970 bits per heavy atom. The van der Waals surface area contributed by atoms with E-state index in [0.717, 1.165) is 5.56 Å². The molecule has 7 nitrogen and oxygen atoms in total. The Morgan fingerprint density at radius 2 is 1.61 bits per heavy atom. The van der Waals surface area contributed by atoms with Gasteiger partial charge in [0.1, 0.15) is 11.6 Å². The minimum absolute atomic E-state index is 0.182. The molecular formula is C25H25N3O4S. The molecule has 1 aromatic heterocycles. The predicted octanol–water partition coefficient (Wildman–Crippen LogP) is 4.08. The molecule has 1 heterocycles. The largest absolute Gasteiger partial charge is 0.497 e. The zero-order chi connectivity index (χ0) is 23.8. The molecule has 4 aromatic rings. The van der Waals surface area contributed by atoms with E-state index in [2.05, 4.69) is 0 Å². The summed E-state index contributed by atoms with van der Waals surface area (Å²) in [6.45, 7) is 3.62. The van der Waals surface area contributed by atoms with Crippen molar-refractivity contribution < 1.29 is 13.2 Å². The van der Waals surface area contributed by atoms with Crippen LogP contribution in [0.4, 0.5) is 0 Å². The summed E-state index contributed by atoms with van der Waals surface area (Å²) < 4.78 is 34.6. The van der Waals surface area contributed by atoms with Gasteiger partial charge in [0.05, 0.1) is 34.6 Å². The van der Waals surface area contributed by atoms with Gasteiger partial charge >= 0.3 is 0 Å². The fourth-order valence-corrected chi connectivity index (χ4v) is 4.98. The second kappa shape index (κ2) is 8.80. The average Bonchev–Trinajstić information content (AvgIpc) is 2.83. The zero-order valence-corrected chi connectivity index (χ0v) is 19.7. The van der Waals surface area contributed by atoms with Crippen molar-refractivity contribution in [3.63, 3.8) is 0 Å². The first-order valence-corrected chi connectivity index (χ1v) is 11.9. The maximum Gasteiger partial charge on any atom is 0.266 e. The highest BCUT2D eigenvalue weighted by molar-refractivity contribution is 7.89. The van der Waals surface area contributed by atoms with Gasteiger partial charge < -0.3 is 4.74 Å². The Kier molecular flexibility index (Phi) is 6.05. The number of methoxy groups -OCH3 is 1. The fraction of sp³-hybridized carbons (Fsp3) is 0.200. The Hall–Kier alpha value is -3.49. The summed E-state index contributed by atoms with van der Waals surface area (Å²) in [4.78, 5) is 18.4. The minimum Gasteiger partial charge on any atom is -0.497 e. The standard InChI is InChI=1S/C25H25N3O4S/c1-17-9-15-21(16-10-17)33(30,31)27(3)18(2)24-26-23-8-6-5-7-22(23)25(29)28(24)19-11-13-20(32-4)14-12-19/h5-16,18H,1-4H3. The van der Waals surface area contributed by atoms with Crippen molar-refractivity contribution in [2.24, 2.45) is 0 Å². The molecular weight excluding hydrogens is 438 g/mol. The molecule has 4 rings (SSSR count). The van der Waals surface area contributed by atoms with Crippen LogP contribution in [0.3, 0.4) is 0 Å². The molecule has 0 saturated heterocycles. The molecule has 3 aromatic carbocycles. The molecule has 0 N–H and O–H groups in total. The molecule has 0 aliphatic heterocycles. The summed E-state index contributed by atoms with van der Waals surface area (Å²) in [5.74, 6) is 0.969. The third-order valence-corrected chi connectivity index (χ3v) is 7.69. The van der Waals surface area contributed by atoms with Gasteiger partial charge in [0, 0.05) is 7.05 Å². The quantitative estimate of drug-likeness (QED) is 0.430. The van der Waals surface area contributed by atoms with Gasteiger partial charge in [-0.05, 0) is 62.4 Å². The minimum atomic E-state index is -3.82. The van der Waals surface area contributed by atoms with Crippen LogP contribution in [-0.2, 0) is 10.0 Å². The van der Waals surface area contributed by atoms with Crippen LogP contribution in [0.25, 0.3) is 16.6 Å². The van der Waals surface area contributed by atoms with Crippen molar-refractivity contribution in [2.45, 2.75) is 24.8 Å². The lowest BCUT2D eigenvalue weighted by atomic mass is 10.2. The highest BCUT2D eigenvalue weighted by atomic mass is 32.2. The SMILES string of the molecule is COc1ccc(-n2c(C(C)N(C)S(=O)(=O)c3ccc(C)cc3)nc3ccccc3c2=O)cc1. The fourth-order valence-electron chi connectivity index (χ4n) is 3.66. The third-order valence-electron chi connectivity index (χ3n) is 5.75. The van der Waals surface area contributed by atoms with E-state index >= 15 is 0 Å². The van der Waals surface area contributed by atoms with Crippen molar-refractivity contribution in [3.8, 4) is 11.4 Å². The van der Waals surface area contributed by atoms with E-state index in [-0.39, 0.29) is 10.5 Å². The van der Waals surface area contributed by atoms with E-state index in [1.165, 1.54) is 15.9 Å². The van der Waals surface area contributed by atoms with Crippen LogP contribution in [0, 0.1) is 6.92 Å². The Morgan fingerprint density at radius 3 is 2.24 bits per heavy atom. The topological polar surface area (TPSA) is 81.5 Å². The molecule has 1 unspecified atom stereocenters. The number of hydrogen-bond acceptors (Lipinski definition) is 5. The van der Waals surface area contributed by atoms with Gasteiger partial charge in [-0.2, -0.15) is 4.31 Å². The first kappa shape index (κ1) is 22.7. The number of ether oxygens (including phenoxy) is 1. The number of sulfonamides is 1. The van der Waals surface area contributed by atoms with Crippen LogP contribution in [-0.4, -0.2) is 36.4 Å². The molecule has 0 aliphatic rings. The van der Waals surface area contributed by atoms with Gasteiger partial charge in [-0.25, -0.2) is 13.4 Å². The first-order valence-electron chi connectivity index (χ1n) is 10.4. The zero-order valence-electron chi connectivity index (χ0n) is 18.9. The van der Waals surface area contributed by atoms with Gasteiger partial charge in [-0.3, -0.25) is 9.36 Å². The lowest BCUT2D eigenvalue weighted by molar-refractivity contribution is 0.379. The van der Waals surface area contributed by atoms with E-state index < -0.39 is 16.1 Å². The molecule has 0 bridgehead atoms. The molecule has 0 spiro atoms. The number of para-hydroxylation sites is 1. The van der Waals surface area contributed by atoms with E-state index in [4.69, 9.17) is 9.72 Å². The van der Waals surface area contributed by atoms with Crippen LogP contribution >= 0.6 is 0 Å². The van der Waals surface area contributed by atoms with Crippen molar-refractivity contribution in [3.05, 3.63) is 94.5 Å². The lowest BCUT2D eigenvalue weighted by Gasteiger charge is -2.26. The van der Waals surface area contributed by atoms with Crippen LogP contribution in [0.5, 0.6) is 5.75 Å². The van der Waals surface area contributed by atoms with Gasteiger partial charge in [0.25, 0.3) is 5.56 Å². The first-order chi connectivity index (χ1) is 15.7. The van der Waals surface area contributed by atoms with E-state index in [0.29, 0.717) is 28.2 Å². The third kappa shape index (κ3) is 4.15. The highest BCUT2D eigenvalue weighted by Crippen LogP contribution is 2.27. The molecule has 0 aliphatic carbocycles. The summed E-state index contributed by atoms with van der Waals surface area (Å²) in [6.07, 6.45) is 0. The summed E-state index contributed by atoms with van der Waals surface area (Å²) in [5, 5.41) is 0.452. The van der Waals surface area contributed by atoms with Crippen molar-refractivity contribution >= 4 is 20.9 Å². The number of aryl methyl sites for hydroxylation is 1. The van der Waals surface area contributed by atoms with E-state index in [1.54, 1.807) is 86.8 Å². The number of nitrogens with zero attached hydrogens (tertiary/aromatic N) is 3. The predicted molar refractivity (Wildman–Crippen MR) is 128 cm³/mol. The van der Waals surface area contributed by atoms with Crippen molar-refractivity contribution in [1.82, 2.24) is 13.9 Å². The molecule has 0 amide bonds. The number of fused-ring (bicyclic) bond motifs is 1. The summed E-state index contributed by atoms with van der Waals surface area (Å²) in [7, 11) is -0.755. The van der Waals surface area contributed by atoms with Crippen molar-refractivity contribution in [1.29, 1.82) is 0 Å². The molecule has 1 atom stereocenters. The monoisotopic (exact) mass is 463 g/mol. The maximum atomic E-state index is 13.5. The van der Waals surface area contributed by atoms with E-state index in [9.17, 15) is 13.2 Å². The van der Waals surface area contributed by atoms with Gasteiger partial charge in [-0.15, -0.1) is 0 Å². The highest BCUT2D eigenvalue weighted by Gasteiger charge is 2.30. The van der Waals surface area contributed by atoms with Gasteiger partial charge in [-0.1, -0.05) is 29.8 Å². The number of hydrogen-bond donors (Lipinski definition) is 0. The van der Waals surface area contributed by atoms with Crippen LogP contribution in [0.15, 0.2) is 82.5 Å². The number of benzene rings is 3. The second-order valence-electron chi connectivity index (χ2n) is 7.84. The maximum absolute atomic E-state index is 13.5. The van der Waals surface area contributed by atoms with Gasteiger partial charge in [0.2, 0.25) is 10.0 Å². The summed E-state index contributed by atoms with van der Waals surface area (Å²) in [5.41, 5.74) is 1.78. The smallest absolute Gasteiger partial charge is 0.266 e. The Labute approximate surface area is 192 Å². The molecule has 33 heavy (non-hydrogen) atoms. The number of rotatable bonds is 6.